The van der Waals surface area contributed by atoms with Crippen LogP contribution in [0.5, 0.6) is 5.75 Å². The predicted octanol–water partition coefficient (Wildman–Crippen LogP) is 5.79. The van der Waals surface area contributed by atoms with Gasteiger partial charge in [-0.15, -0.1) is 0 Å². The highest BCUT2D eigenvalue weighted by atomic mass is 16.6. The summed E-state index contributed by atoms with van der Waals surface area (Å²) in [7, 11) is 2.96. The van der Waals surface area contributed by atoms with Crippen LogP contribution < -0.4 is 4.74 Å². The molecule has 6 nitrogen and oxygen atoms in total. The lowest BCUT2D eigenvalue weighted by molar-refractivity contribution is -0.148. The van der Waals surface area contributed by atoms with E-state index < -0.39 is 11.6 Å². The summed E-state index contributed by atoms with van der Waals surface area (Å²) in [5.74, 6) is -0.127. The van der Waals surface area contributed by atoms with Crippen LogP contribution in [0.15, 0.2) is 48.7 Å². The van der Waals surface area contributed by atoms with Gasteiger partial charge in [0.15, 0.2) is 0 Å². The highest BCUT2D eigenvalue weighted by molar-refractivity contribution is 5.91. The van der Waals surface area contributed by atoms with Crippen LogP contribution in [-0.2, 0) is 27.2 Å². The fourth-order valence-corrected chi connectivity index (χ4v) is 3.90. The zero-order chi connectivity index (χ0) is 24.9. The number of benzene rings is 2. The van der Waals surface area contributed by atoms with Crippen LogP contribution in [-0.4, -0.2) is 36.3 Å². The van der Waals surface area contributed by atoms with Crippen LogP contribution in [0.2, 0.25) is 0 Å². The van der Waals surface area contributed by atoms with Crippen molar-refractivity contribution >= 4 is 28.9 Å². The number of fused-ring (bicyclic) bond motifs is 1. The quantitative estimate of drug-likeness (QED) is 0.312. The topological polar surface area (TPSA) is 66.8 Å². The van der Waals surface area contributed by atoms with Gasteiger partial charge < -0.3 is 18.8 Å². The summed E-state index contributed by atoms with van der Waals surface area (Å²) in [5, 5.41) is 1.11. The van der Waals surface area contributed by atoms with Gasteiger partial charge in [-0.25, -0.2) is 9.59 Å². The molecule has 0 aliphatic rings. The molecule has 0 aliphatic carbocycles. The summed E-state index contributed by atoms with van der Waals surface area (Å²) in [6.07, 6.45) is 7.06. The normalized spacial score (nSPS) is 11.7. The highest BCUT2D eigenvalue weighted by Gasteiger charge is 2.16. The fourth-order valence-electron chi connectivity index (χ4n) is 3.90. The first-order valence-corrected chi connectivity index (χ1v) is 11.4. The van der Waals surface area contributed by atoms with Gasteiger partial charge >= 0.3 is 11.9 Å². The van der Waals surface area contributed by atoms with E-state index in [0.29, 0.717) is 17.7 Å². The van der Waals surface area contributed by atoms with Crippen molar-refractivity contribution in [3.63, 3.8) is 0 Å². The number of aromatic nitrogens is 1. The minimum absolute atomic E-state index is 0.369. The molecule has 3 aromatic rings. The fraction of sp³-hybridized carbons (Fsp3) is 0.357. The third-order valence-corrected chi connectivity index (χ3v) is 5.36. The van der Waals surface area contributed by atoms with Crippen LogP contribution in [0.3, 0.4) is 0 Å². The van der Waals surface area contributed by atoms with Gasteiger partial charge in [-0.2, -0.15) is 0 Å². The summed E-state index contributed by atoms with van der Waals surface area (Å²) >= 11 is 0. The Balaban J connectivity index is 1.98. The number of nitrogens with zero attached hydrogens (tertiary/aromatic N) is 1. The summed E-state index contributed by atoms with van der Waals surface area (Å²) in [6.45, 7) is 8.60. The van der Waals surface area contributed by atoms with Crippen molar-refractivity contribution < 1.29 is 23.8 Å². The zero-order valence-electron chi connectivity index (χ0n) is 20.8. The summed E-state index contributed by atoms with van der Waals surface area (Å²) in [4.78, 5) is 24.0. The van der Waals surface area contributed by atoms with Crippen LogP contribution in [0.1, 0.15) is 61.2 Å². The predicted molar refractivity (Wildman–Crippen MR) is 134 cm³/mol. The monoisotopic (exact) mass is 463 g/mol. The van der Waals surface area contributed by atoms with Gasteiger partial charge in [0.25, 0.3) is 0 Å². The van der Waals surface area contributed by atoms with E-state index in [2.05, 4.69) is 29.8 Å². The average Bonchev–Trinajstić information content (AvgIpc) is 3.13. The maximum absolute atomic E-state index is 12.1. The van der Waals surface area contributed by atoms with Gasteiger partial charge in [-0.05, 0) is 74.2 Å². The van der Waals surface area contributed by atoms with Crippen molar-refractivity contribution in [1.82, 2.24) is 4.57 Å². The van der Waals surface area contributed by atoms with Crippen molar-refractivity contribution in [2.75, 3.05) is 14.2 Å². The number of aryl methyl sites for hydroxylation is 1. The molecule has 0 atom stereocenters. The number of carbonyl (C=O) groups excluding carboxylic acids is 2. The second kappa shape index (κ2) is 10.6. The third-order valence-electron chi connectivity index (χ3n) is 5.36. The first-order chi connectivity index (χ1) is 16.1. The molecule has 6 heteroatoms. The molecular formula is C28H33NO5. The Hall–Kier alpha value is -3.54. The van der Waals surface area contributed by atoms with Crippen LogP contribution in [0.25, 0.3) is 17.0 Å². The lowest BCUT2D eigenvalue weighted by Crippen LogP contribution is -2.22. The van der Waals surface area contributed by atoms with Crippen molar-refractivity contribution in [3.05, 3.63) is 70.9 Å². The molecule has 0 unspecified atom stereocenters. The SMILES string of the molecule is CCCn1cc(Cc2ccc(C(=O)OC)cc2OC)c2cc(C=CC(=O)OC(C)(C)C)ccc21. The molecule has 0 aliphatic heterocycles. The Morgan fingerprint density at radius 2 is 1.79 bits per heavy atom. The Morgan fingerprint density at radius 1 is 1.03 bits per heavy atom. The standard InChI is InChI=1S/C28H33NO5/c1-7-14-29-18-22(16-20-10-11-21(27(31)33-6)17-25(20)32-5)23-15-19(8-12-24(23)29)9-13-26(30)34-28(2,3)4/h8-13,15,17-18H,7,14,16H2,1-6H3. The molecule has 180 valence electrons. The van der Waals surface area contributed by atoms with E-state index in [1.54, 1.807) is 25.3 Å². The minimum Gasteiger partial charge on any atom is -0.496 e. The number of rotatable bonds is 8. The molecule has 34 heavy (non-hydrogen) atoms. The van der Waals surface area contributed by atoms with Crippen LogP contribution >= 0.6 is 0 Å². The molecule has 1 heterocycles. The molecule has 0 radical (unpaired) electrons. The Labute approximate surface area is 201 Å². The van der Waals surface area contributed by atoms with E-state index in [-0.39, 0.29) is 5.97 Å². The van der Waals surface area contributed by atoms with Crippen molar-refractivity contribution in [2.45, 2.75) is 52.7 Å². The van der Waals surface area contributed by atoms with Gasteiger partial charge in [0.05, 0.1) is 19.8 Å². The van der Waals surface area contributed by atoms with E-state index in [0.717, 1.165) is 40.6 Å². The molecule has 0 bridgehead atoms. The molecule has 0 amide bonds. The van der Waals surface area contributed by atoms with Gasteiger partial charge in [0.2, 0.25) is 0 Å². The second-order valence-electron chi connectivity index (χ2n) is 9.19. The zero-order valence-corrected chi connectivity index (χ0v) is 20.8. The van der Waals surface area contributed by atoms with Crippen molar-refractivity contribution in [3.8, 4) is 5.75 Å². The minimum atomic E-state index is -0.529. The maximum atomic E-state index is 12.1. The Kier molecular flexibility index (Phi) is 7.82. The van der Waals surface area contributed by atoms with Gasteiger partial charge in [-0.1, -0.05) is 19.1 Å². The Bertz CT molecular complexity index is 1210. The molecule has 0 spiro atoms. The number of carbonyl (C=O) groups is 2. The lowest BCUT2D eigenvalue weighted by atomic mass is 10.0. The number of methoxy groups -OCH3 is 2. The molecule has 0 saturated heterocycles. The average molecular weight is 464 g/mol. The maximum Gasteiger partial charge on any atom is 0.337 e. The van der Waals surface area contributed by atoms with Crippen molar-refractivity contribution in [1.29, 1.82) is 0 Å². The van der Waals surface area contributed by atoms with E-state index in [9.17, 15) is 9.59 Å². The molecular weight excluding hydrogens is 430 g/mol. The highest BCUT2D eigenvalue weighted by Crippen LogP contribution is 2.30. The van der Waals surface area contributed by atoms with Gasteiger partial charge in [0.1, 0.15) is 11.4 Å². The van der Waals surface area contributed by atoms with Crippen molar-refractivity contribution in [2.24, 2.45) is 0 Å². The first-order valence-electron chi connectivity index (χ1n) is 11.4. The third kappa shape index (κ3) is 6.07. The van der Waals surface area contributed by atoms with E-state index in [4.69, 9.17) is 14.2 Å². The summed E-state index contributed by atoms with van der Waals surface area (Å²) in [6, 6.07) is 11.5. The van der Waals surface area contributed by atoms with Gasteiger partial charge in [0, 0.05) is 36.1 Å². The molecule has 0 N–H and O–H groups in total. The molecule has 1 aromatic heterocycles. The molecule has 0 saturated carbocycles. The van der Waals surface area contributed by atoms with E-state index in [1.807, 2.05) is 32.9 Å². The number of esters is 2. The molecule has 2 aromatic carbocycles. The van der Waals surface area contributed by atoms with Gasteiger partial charge in [-0.3, -0.25) is 0 Å². The lowest BCUT2D eigenvalue weighted by Gasteiger charge is -2.17. The number of ether oxygens (including phenoxy) is 3. The van der Waals surface area contributed by atoms with Crippen LogP contribution in [0, 0.1) is 0 Å². The number of hydrogen-bond acceptors (Lipinski definition) is 5. The van der Waals surface area contributed by atoms with E-state index >= 15 is 0 Å². The number of hydrogen-bond donors (Lipinski definition) is 0. The smallest absolute Gasteiger partial charge is 0.337 e. The largest absolute Gasteiger partial charge is 0.496 e. The Morgan fingerprint density at radius 3 is 2.44 bits per heavy atom. The molecule has 3 rings (SSSR count). The molecule has 0 fully saturated rings. The summed E-state index contributed by atoms with van der Waals surface area (Å²) in [5.41, 5.74) is 4.09. The van der Waals surface area contributed by atoms with E-state index in [1.165, 1.54) is 13.2 Å². The first kappa shape index (κ1) is 25.1. The second-order valence-corrected chi connectivity index (χ2v) is 9.19. The summed E-state index contributed by atoms with van der Waals surface area (Å²) < 4.78 is 18.0. The van der Waals surface area contributed by atoms with Crippen LogP contribution in [0.4, 0.5) is 0 Å².